The van der Waals surface area contributed by atoms with Crippen molar-refractivity contribution in [2.45, 2.75) is 0 Å². The van der Waals surface area contributed by atoms with Crippen LogP contribution in [0.1, 0.15) is 0 Å². The van der Waals surface area contributed by atoms with E-state index in [-0.39, 0.29) is 24.7 Å². The zero-order valence-corrected chi connectivity index (χ0v) is 15.5. The molecule has 0 bridgehead atoms. The Bertz CT molecular complexity index is 858. The monoisotopic (exact) mass is 401 g/mol. The van der Waals surface area contributed by atoms with Crippen LogP contribution in [0.2, 0.25) is 5.02 Å². The second kappa shape index (κ2) is 8.86. The lowest BCUT2D eigenvalue weighted by Crippen LogP contribution is -2.36. The van der Waals surface area contributed by atoms with Gasteiger partial charge in [-0.1, -0.05) is 17.7 Å². The SMILES string of the molecule is CS(=O)(=O)N(CC(=O)OCCOc1ccc(F)cc1)c1cccc(Cl)c1. The maximum absolute atomic E-state index is 12.8. The van der Waals surface area contributed by atoms with Gasteiger partial charge in [-0.25, -0.2) is 12.8 Å². The van der Waals surface area contributed by atoms with Gasteiger partial charge in [0.15, 0.2) is 0 Å². The zero-order valence-electron chi connectivity index (χ0n) is 13.9. The molecule has 2 aromatic carbocycles. The van der Waals surface area contributed by atoms with Crippen molar-refractivity contribution in [2.24, 2.45) is 0 Å². The van der Waals surface area contributed by atoms with Crippen LogP contribution in [0.3, 0.4) is 0 Å². The first-order valence-electron chi connectivity index (χ1n) is 7.53. The number of sulfonamides is 1. The lowest BCUT2D eigenvalue weighted by Gasteiger charge is -2.21. The third-order valence-corrected chi connectivity index (χ3v) is 4.57. The normalized spacial score (nSPS) is 11.0. The summed E-state index contributed by atoms with van der Waals surface area (Å²) in [5.41, 5.74) is 0.263. The quantitative estimate of drug-likeness (QED) is 0.502. The van der Waals surface area contributed by atoms with Gasteiger partial charge in [0.2, 0.25) is 10.0 Å². The molecule has 0 spiro atoms. The summed E-state index contributed by atoms with van der Waals surface area (Å²) in [6, 6.07) is 11.5. The molecule has 0 saturated carbocycles. The highest BCUT2D eigenvalue weighted by molar-refractivity contribution is 7.92. The summed E-state index contributed by atoms with van der Waals surface area (Å²) in [7, 11) is -3.70. The van der Waals surface area contributed by atoms with E-state index in [9.17, 15) is 17.6 Å². The Kier molecular flexibility index (Phi) is 6.82. The van der Waals surface area contributed by atoms with Gasteiger partial charge in [0.1, 0.15) is 31.3 Å². The number of hydrogen-bond acceptors (Lipinski definition) is 5. The second-order valence-corrected chi connectivity index (χ2v) is 7.62. The van der Waals surface area contributed by atoms with E-state index in [1.54, 1.807) is 12.1 Å². The predicted octanol–water partition coefficient (Wildman–Crippen LogP) is 2.87. The lowest BCUT2D eigenvalue weighted by atomic mass is 10.3. The van der Waals surface area contributed by atoms with Gasteiger partial charge >= 0.3 is 5.97 Å². The molecule has 0 heterocycles. The fourth-order valence-corrected chi connectivity index (χ4v) is 3.06. The standard InChI is InChI=1S/C17H17ClFNO5S/c1-26(22,23)20(15-4-2-3-13(18)11-15)12-17(21)25-10-9-24-16-7-5-14(19)6-8-16/h2-8,11H,9-10,12H2,1H3. The minimum absolute atomic E-state index is 0.0490. The van der Waals surface area contributed by atoms with Gasteiger partial charge in [0.25, 0.3) is 0 Å². The number of carbonyl (C=O) groups is 1. The minimum Gasteiger partial charge on any atom is -0.490 e. The Hall–Kier alpha value is -2.32. The molecule has 6 nitrogen and oxygen atoms in total. The molecule has 140 valence electrons. The number of halogens is 2. The van der Waals surface area contributed by atoms with Gasteiger partial charge in [-0.3, -0.25) is 9.10 Å². The molecule has 2 aromatic rings. The lowest BCUT2D eigenvalue weighted by molar-refractivity contribution is -0.142. The molecule has 0 atom stereocenters. The van der Waals surface area contributed by atoms with Crippen LogP contribution in [0.4, 0.5) is 10.1 Å². The van der Waals surface area contributed by atoms with Crippen molar-refractivity contribution >= 4 is 33.3 Å². The second-order valence-electron chi connectivity index (χ2n) is 5.27. The predicted molar refractivity (Wildman–Crippen MR) is 96.5 cm³/mol. The highest BCUT2D eigenvalue weighted by Crippen LogP contribution is 2.21. The third-order valence-electron chi connectivity index (χ3n) is 3.20. The van der Waals surface area contributed by atoms with E-state index in [1.165, 1.54) is 36.4 Å². The number of benzene rings is 2. The Morgan fingerprint density at radius 2 is 1.85 bits per heavy atom. The van der Waals surface area contributed by atoms with Crippen molar-refractivity contribution in [2.75, 3.05) is 30.3 Å². The molecule has 0 radical (unpaired) electrons. The first kappa shape index (κ1) is 20.0. The van der Waals surface area contributed by atoms with Crippen molar-refractivity contribution < 1.29 is 27.1 Å². The number of anilines is 1. The molecule has 0 aliphatic rings. The molecular formula is C17H17ClFNO5S. The average molecular weight is 402 g/mol. The topological polar surface area (TPSA) is 72.9 Å². The van der Waals surface area contributed by atoms with Crippen molar-refractivity contribution in [3.05, 3.63) is 59.4 Å². The highest BCUT2D eigenvalue weighted by Gasteiger charge is 2.21. The van der Waals surface area contributed by atoms with E-state index in [0.717, 1.165) is 10.6 Å². The van der Waals surface area contributed by atoms with Crippen LogP contribution in [0.15, 0.2) is 48.5 Å². The first-order chi connectivity index (χ1) is 12.3. The van der Waals surface area contributed by atoms with Crippen LogP contribution in [0, 0.1) is 5.82 Å². The van der Waals surface area contributed by atoms with Gasteiger partial charge in [-0.2, -0.15) is 0 Å². The number of rotatable bonds is 8. The van der Waals surface area contributed by atoms with Crippen LogP contribution < -0.4 is 9.04 Å². The molecule has 9 heteroatoms. The Morgan fingerprint density at radius 3 is 2.46 bits per heavy atom. The summed E-state index contributed by atoms with van der Waals surface area (Å²) in [6.07, 6.45) is 0.985. The minimum atomic E-state index is -3.70. The zero-order chi connectivity index (χ0) is 19.2. The molecule has 26 heavy (non-hydrogen) atoms. The van der Waals surface area contributed by atoms with E-state index in [4.69, 9.17) is 21.1 Å². The maximum Gasteiger partial charge on any atom is 0.326 e. The number of esters is 1. The fraction of sp³-hybridized carbons (Fsp3) is 0.235. The molecule has 0 unspecified atom stereocenters. The Morgan fingerprint density at radius 1 is 1.15 bits per heavy atom. The number of nitrogens with zero attached hydrogens (tertiary/aromatic N) is 1. The van der Waals surface area contributed by atoms with E-state index >= 15 is 0 Å². The number of hydrogen-bond donors (Lipinski definition) is 0. The highest BCUT2D eigenvalue weighted by atomic mass is 35.5. The molecular weight excluding hydrogens is 385 g/mol. The van der Waals surface area contributed by atoms with Crippen molar-refractivity contribution in [1.29, 1.82) is 0 Å². The van der Waals surface area contributed by atoms with Gasteiger partial charge in [0.05, 0.1) is 11.9 Å². The van der Waals surface area contributed by atoms with Crippen LogP contribution in [0.5, 0.6) is 5.75 Å². The van der Waals surface area contributed by atoms with E-state index in [1.807, 2.05) is 0 Å². The third kappa shape index (κ3) is 6.20. The maximum atomic E-state index is 12.8. The molecule has 0 aliphatic carbocycles. The molecule has 0 aromatic heterocycles. The number of carbonyl (C=O) groups excluding carboxylic acids is 1. The van der Waals surface area contributed by atoms with Gasteiger partial charge in [0, 0.05) is 5.02 Å². The first-order valence-corrected chi connectivity index (χ1v) is 9.75. The van der Waals surface area contributed by atoms with Crippen LogP contribution >= 0.6 is 11.6 Å². The van der Waals surface area contributed by atoms with E-state index in [2.05, 4.69) is 0 Å². The number of ether oxygens (including phenoxy) is 2. The summed E-state index contributed by atoms with van der Waals surface area (Å²) < 4.78 is 47.8. The van der Waals surface area contributed by atoms with Crippen LogP contribution in [0.25, 0.3) is 0 Å². The molecule has 0 amide bonds. The average Bonchev–Trinajstić information content (AvgIpc) is 2.57. The van der Waals surface area contributed by atoms with Gasteiger partial charge < -0.3 is 9.47 Å². The van der Waals surface area contributed by atoms with Crippen LogP contribution in [-0.4, -0.2) is 40.4 Å². The fourth-order valence-electron chi connectivity index (χ4n) is 2.04. The molecule has 0 N–H and O–H groups in total. The molecule has 0 saturated heterocycles. The summed E-state index contributed by atoms with van der Waals surface area (Å²) in [5.74, 6) is -0.692. The molecule has 0 fully saturated rings. The smallest absolute Gasteiger partial charge is 0.326 e. The summed E-state index contributed by atoms with van der Waals surface area (Å²) in [4.78, 5) is 11.9. The van der Waals surface area contributed by atoms with E-state index < -0.39 is 22.5 Å². The van der Waals surface area contributed by atoms with Crippen molar-refractivity contribution in [1.82, 2.24) is 0 Å². The van der Waals surface area contributed by atoms with E-state index in [0.29, 0.717) is 10.8 Å². The van der Waals surface area contributed by atoms with Gasteiger partial charge in [-0.05, 0) is 42.5 Å². The summed E-state index contributed by atoms with van der Waals surface area (Å²) >= 11 is 5.87. The van der Waals surface area contributed by atoms with Crippen molar-refractivity contribution in [3.63, 3.8) is 0 Å². The van der Waals surface area contributed by atoms with Gasteiger partial charge in [-0.15, -0.1) is 0 Å². The Labute approximate surface area is 156 Å². The summed E-state index contributed by atoms with van der Waals surface area (Å²) in [6.45, 7) is -0.521. The van der Waals surface area contributed by atoms with Crippen molar-refractivity contribution in [3.8, 4) is 5.75 Å². The molecule has 0 aliphatic heterocycles. The summed E-state index contributed by atoms with van der Waals surface area (Å²) in [5, 5.41) is 0.345. The molecule has 2 rings (SSSR count). The Balaban J connectivity index is 1.88. The largest absolute Gasteiger partial charge is 0.490 e. The van der Waals surface area contributed by atoms with Crippen LogP contribution in [-0.2, 0) is 19.6 Å².